The summed E-state index contributed by atoms with van der Waals surface area (Å²) < 4.78 is 4.58. The second-order valence-electron chi connectivity index (χ2n) is 4.46. The molecule has 1 atom stereocenters. The SMILES string of the molecule is COC(=O)c1ccc(N2CCC[C@@H](C)C2)nn1. The van der Waals surface area contributed by atoms with Crippen molar-refractivity contribution in [2.24, 2.45) is 5.92 Å². The summed E-state index contributed by atoms with van der Waals surface area (Å²) in [6, 6.07) is 3.49. The third kappa shape index (κ3) is 2.72. The minimum absolute atomic E-state index is 0.251. The first-order valence-corrected chi connectivity index (χ1v) is 5.87. The summed E-state index contributed by atoms with van der Waals surface area (Å²) in [4.78, 5) is 13.4. The van der Waals surface area contributed by atoms with Crippen molar-refractivity contribution < 1.29 is 9.53 Å². The van der Waals surface area contributed by atoms with Crippen molar-refractivity contribution in [3.63, 3.8) is 0 Å². The minimum atomic E-state index is -0.448. The Kier molecular flexibility index (Phi) is 3.56. The second-order valence-corrected chi connectivity index (χ2v) is 4.46. The van der Waals surface area contributed by atoms with Crippen molar-refractivity contribution in [1.82, 2.24) is 10.2 Å². The third-order valence-electron chi connectivity index (χ3n) is 3.03. The molecule has 1 aromatic rings. The van der Waals surface area contributed by atoms with E-state index >= 15 is 0 Å². The first kappa shape index (κ1) is 11.8. The molecule has 0 spiro atoms. The molecule has 0 bridgehead atoms. The number of carbonyl (C=O) groups excluding carboxylic acids is 1. The Bertz CT molecular complexity index is 391. The van der Waals surface area contributed by atoms with E-state index in [9.17, 15) is 4.79 Å². The Balaban J connectivity index is 2.09. The smallest absolute Gasteiger partial charge is 0.358 e. The number of anilines is 1. The Morgan fingerprint density at radius 1 is 1.47 bits per heavy atom. The Hall–Kier alpha value is -1.65. The molecule has 5 heteroatoms. The molecule has 2 heterocycles. The number of rotatable bonds is 2. The van der Waals surface area contributed by atoms with E-state index in [1.807, 2.05) is 6.07 Å². The third-order valence-corrected chi connectivity index (χ3v) is 3.03. The minimum Gasteiger partial charge on any atom is -0.464 e. The van der Waals surface area contributed by atoms with E-state index in [0.717, 1.165) is 18.9 Å². The Morgan fingerprint density at radius 2 is 2.29 bits per heavy atom. The van der Waals surface area contributed by atoms with Gasteiger partial charge in [-0.2, -0.15) is 0 Å². The van der Waals surface area contributed by atoms with Crippen molar-refractivity contribution in [2.75, 3.05) is 25.1 Å². The lowest BCUT2D eigenvalue weighted by atomic mass is 10.0. The molecule has 0 amide bonds. The van der Waals surface area contributed by atoms with Gasteiger partial charge >= 0.3 is 5.97 Å². The molecule has 0 aromatic carbocycles. The molecule has 1 aromatic heterocycles. The fraction of sp³-hybridized carbons (Fsp3) is 0.583. The molecule has 1 fully saturated rings. The van der Waals surface area contributed by atoms with Crippen LogP contribution in [0.2, 0.25) is 0 Å². The highest BCUT2D eigenvalue weighted by atomic mass is 16.5. The standard InChI is InChI=1S/C12H17N3O2/c1-9-4-3-7-15(8-9)11-6-5-10(13-14-11)12(16)17-2/h5-6,9H,3-4,7-8H2,1-2H3/t9-/m1/s1. The normalized spacial score (nSPS) is 20.1. The van der Waals surface area contributed by atoms with Crippen LogP contribution in [0.5, 0.6) is 0 Å². The first-order chi connectivity index (χ1) is 8.20. The zero-order valence-corrected chi connectivity index (χ0v) is 10.2. The monoisotopic (exact) mass is 235 g/mol. The average Bonchev–Trinajstić information content (AvgIpc) is 2.38. The van der Waals surface area contributed by atoms with Crippen LogP contribution >= 0.6 is 0 Å². The Labute approximate surface area is 101 Å². The van der Waals surface area contributed by atoms with E-state index in [0.29, 0.717) is 5.92 Å². The molecule has 5 nitrogen and oxygen atoms in total. The van der Waals surface area contributed by atoms with Crippen LogP contribution in [0.1, 0.15) is 30.3 Å². The predicted octanol–water partition coefficient (Wildman–Crippen LogP) is 1.50. The fourth-order valence-corrected chi connectivity index (χ4v) is 2.10. The van der Waals surface area contributed by atoms with E-state index in [1.165, 1.54) is 20.0 Å². The van der Waals surface area contributed by atoms with Gasteiger partial charge in [-0.1, -0.05) is 6.92 Å². The van der Waals surface area contributed by atoms with Gasteiger partial charge < -0.3 is 9.64 Å². The molecule has 0 aliphatic carbocycles. The maximum Gasteiger partial charge on any atom is 0.358 e. The number of ether oxygens (including phenoxy) is 1. The van der Waals surface area contributed by atoms with Gasteiger partial charge in [0.05, 0.1) is 7.11 Å². The van der Waals surface area contributed by atoms with Crippen molar-refractivity contribution in [3.05, 3.63) is 17.8 Å². The number of nitrogens with zero attached hydrogens (tertiary/aromatic N) is 3. The summed E-state index contributed by atoms with van der Waals surface area (Å²) in [5.74, 6) is 1.08. The molecule has 92 valence electrons. The van der Waals surface area contributed by atoms with Crippen molar-refractivity contribution in [1.29, 1.82) is 0 Å². The van der Waals surface area contributed by atoms with Crippen LogP contribution < -0.4 is 4.90 Å². The van der Waals surface area contributed by atoms with Gasteiger partial charge in [0, 0.05) is 13.1 Å². The number of hydrogen-bond acceptors (Lipinski definition) is 5. The lowest BCUT2D eigenvalue weighted by Gasteiger charge is -2.31. The molecular weight excluding hydrogens is 218 g/mol. The number of carbonyl (C=O) groups is 1. The quantitative estimate of drug-likeness (QED) is 0.727. The molecule has 0 N–H and O–H groups in total. The van der Waals surface area contributed by atoms with Gasteiger partial charge in [0.2, 0.25) is 0 Å². The van der Waals surface area contributed by atoms with Crippen LogP contribution in [0.15, 0.2) is 12.1 Å². The molecular formula is C12H17N3O2. The molecule has 1 aliphatic rings. The summed E-state index contributed by atoms with van der Waals surface area (Å²) in [5, 5.41) is 7.96. The fourth-order valence-electron chi connectivity index (χ4n) is 2.10. The predicted molar refractivity (Wildman–Crippen MR) is 64.0 cm³/mol. The van der Waals surface area contributed by atoms with E-state index in [4.69, 9.17) is 0 Å². The second kappa shape index (κ2) is 5.12. The molecule has 1 aliphatic heterocycles. The topological polar surface area (TPSA) is 55.3 Å². The van der Waals surface area contributed by atoms with Gasteiger partial charge in [0.25, 0.3) is 0 Å². The van der Waals surface area contributed by atoms with Crippen LogP contribution in [-0.2, 0) is 4.74 Å². The van der Waals surface area contributed by atoms with Crippen LogP contribution in [0.4, 0.5) is 5.82 Å². The van der Waals surface area contributed by atoms with Crippen LogP contribution in [-0.4, -0.2) is 36.4 Å². The van der Waals surface area contributed by atoms with Crippen LogP contribution in [0, 0.1) is 5.92 Å². The summed E-state index contributed by atoms with van der Waals surface area (Å²) >= 11 is 0. The van der Waals surface area contributed by atoms with Gasteiger partial charge in [0.15, 0.2) is 11.5 Å². The number of aromatic nitrogens is 2. The van der Waals surface area contributed by atoms with Crippen molar-refractivity contribution >= 4 is 11.8 Å². The zero-order valence-electron chi connectivity index (χ0n) is 10.2. The molecule has 2 rings (SSSR count). The highest BCUT2D eigenvalue weighted by Gasteiger charge is 2.18. The van der Waals surface area contributed by atoms with Crippen LogP contribution in [0.3, 0.4) is 0 Å². The van der Waals surface area contributed by atoms with Crippen molar-refractivity contribution in [3.8, 4) is 0 Å². The van der Waals surface area contributed by atoms with E-state index < -0.39 is 5.97 Å². The number of hydrogen-bond donors (Lipinski definition) is 0. The van der Waals surface area contributed by atoms with E-state index in [2.05, 4.69) is 26.8 Å². The number of esters is 1. The van der Waals surface area contributed by atoms with Gasteiger partial charge in [0.1, 0.15) is 0 Å². The molecule has 0 unspecified atom stereocenters. The largest absolute Gasteiger partial charge is 0.464 e. The maximum atomic E-state index is 11.2. The summed E-state index contributed by atoms with van der Waals surface area (Å²) in [5.41, 5.74) is 0.251. The number of piperidine rings is 1. The van der Waals surface area contributed by atoms with E-state index in [-0.39, 0.29) is 5.69 Å². The summed E-state index contributed by atoms with van der Waals surface area (Å²) in [7, 11) is 1.34. The van der Waals surface area contributed by atoms with E-state index in [1.54, 1.807) is 6.07 Å². The molecule has 1 saturated heterocycles. The summed E-state index contributed by atoms with van der Waals surface area (Å²) in [6.45, 7) is 4.26. The molecule has 0 radical (unpaired) electrons. The van der Waals surface area contributed by atoms with Crippen molar-refractivity contribution in [2.45, 2.75) is 19.8 Å². The Morgan fingerprint density at radius 3 is 2.88 bits per heavy atom. The summed E-state index contributed by atoms with van der Waals surface area (Å²) in [6.07, 6.45) is 2.45. The highest BCUT2D eigenvalue weighted by molar-refractivity contribution is 5.86. The molecule has 0 saturated carbocycles. The van der Waals surface area contributed by atoms with Gasteiger partial charge in [-0.15, -0.1) is 10.2 Å². The zero-order chi connectivity index (χ0) is 12.3. The lowest BCUT2D eigenvalue weighted by molar-refractivity contribution is 0.0592. The van der Waals surface area contributed by atoms with Gasteiger partial charge in [-0.05, 0) is 30.9 Å². The van der Waals surface area contributed by atoms with Gasteiger partial charge in [-0.3, -0.25) is 0 Å². The lowest BCUT2D eigenvalue weighted by Crippen LogP contribution is -2.35. The highest BCUT2D eigenvalue weighted by Crippen LogP contribution is 2.20. The average molecular weight is 235 g/mol. The van der Waals surface area contributed by atoms with Gasteiger partial charge in [-0.25, -0.2) is 4.79 Å². The molecule has 17 heavy (non-hydrogen) atoms. The van der Waals surface area contributed by atoms with Crippen LogP contribution in [0.25, 0.3) is 0 Å². The number of methoxy groups -OCH3 is 1. The maximum absolute atomic E-state index is 11.2. The first-order valence-electron chi connectivity index (χ1n) is 5.87.